The van der Waals surface area contributed by atoms with E-state index in [2.05, 4.69) is 457 Å². The van der Waals surface area contributed by atoms with Crippen LogP contribution in [0.15, 0.2) is 443 Å². The topological polar surface area (TPSA) is 92.1 Å². The lowest BCUT2D eigenvalue weighted by molar-refractivity contribution is 1.02. The van der Waals surface area contributed by atoms with Crippen LogP contribution in [-0.4, -0.2) is 43.6 Å². The SMILES string of the molecule is c1ccc(-c2ccc(-c3nc(-n4c5ccccc5c5c6sc7ccccc7c6c6ccccc6c54)nc4c3sc3ccccc34)cc2)cc1.c1ccc(-c2cccc(-c3nc(-n4c5ccccc5c5c6sc7ccccc7c6c6ccccc6c54)nc4c3sc3ccccc34)c2)cc1.c1ccc2c(-c3nc(-n4c5ccccc5c5c6sc7ccccc7c6c6ccccc6c54)nc4c3sc3ccccc34)cccc2c1. The third kappa shape index (κ3) is 12.6. The van der Waals surface area contributed by atoms with Crippen LogP contribution >= 0.6 is 68.0 Å². The molecule has 9 nitrogen and oxygen atoms in total. The third-order valence-corrected chi connectivity index (χ3v) is 36.3. The Morgan fingerprint density at radius 2 is 0.421 bits per heavy atom. The summed E-state index contributed by atoms with van der Waals surface area (Å²) in [7, 11) is 0. The van der Waals surface area contributed by atoms with Gasteiger partial charge in [-0.15, -0.1) is 68.0 Å². The zero-order valence-electron chi connectivity index (χ0n) is 77.1. The molecule has 145 heavy (non-hydrogen) atoms. The molecule has 21 aromatic carbocycles. The molecule has 0 saturated heterocycles. The fraction of sp³-hybridized carbons (Fsp3) is 0. The molecule has 0 spiro atoms. The summed E-state index contributed by atoms with van der Waals surface area (Å²) in [5.74, 6) is 2.07. The van der Waals surface area contributed by atoms with Crippen molar-refractivity contribution in [2.24, 2.45) is 0 Å². The first kappa shape index (κ1) is 82.4. The van der Waals surface area contributed by atoms with Gasteiger partial charge in [0.25, 0.3) is 0 Å². The molecule has 0 fully saturated rings. The average molecular weight is 1950 g/mol. The molecular weight excluding hydrogens is 1880 g/mol. The van der Waals surface area contributed by atoms with E-state index in [4.69, 9.17) is 29.9 Å². The molecule has 0 N–H and O–H groups in total. The van der Waals surface area contributed by atoms with Crippen LogP contribution < -0.4 is 0 Å². The lowest BCUT2D eigenvalue weighted by Crippen LogP contribution is -2.03. The van der Waals surface area contributed by atoms with E-state index in [0.717, 1.165) is 114 Å². The molecular formula is C130H73N9S6. The Balaban J connectivity index is 0.0000000990. The quantitative estimate of drug-likeness (QED) is 0.150. The molecule has 0 atom stereocenters. The number of rotatable bonds is 8. The molecule has 0 bridgehead atoms. The van der Waals surface area contributed by atoms with Crippen LogP contribution in [0.25, 0.3) is 304 Å². The minimum absolute atomic E-state index is 0.688. The van der Waals surface area contributed by atoms with Gasteiger partial charge in [-0.25, -0.2) is 29.9 Å². The van der Waals surface area contributed by atoms with Crippen molar-refractivity contribution >= 4 is 298 Å². The molecule has 33 aromatic rings. The molecule has 0 unspecified atom stereocenters. The first-order valence-electron chi connectivity index (χ1n) is 48.6. The third-order valence-electron chi connectivity index (χ3n) is 29.2. The maximum atomic E-state index is 5.55. The Morgan fingerprint density at radius 3 is 0.828 bits per heavy atom. The highest BCUT2D eigenvalue weighted by molar-refractivity contribution is 7.29. The Kier molecular flexibility index (Phi) is 18.5. The molecule has 0 radical (unpaired) electrons. The Morgan fingerprint density at radius 1 is 0.159 bits per heavy atom. The van der Waals surface area contributed by atoms with Crippen LogP contribution in [0, 0.1) is 0 Å². The highest BCUT2D eigenvalue weighted by Crippen LogP contribution is 2.55. The molecule has 0 amide bonds. The van der Waals surface area contributed by atoms with Crippen molar-refractivity contribution in [1.29, 1.82) is 0 Å². The van der Waals surface area contributed by atoms with Gasteiger partial charge in [-0.05, 0) is 110 Å². The van der Waals surface area contributed by atoms with Gasteiger partial charge >= 0.3 is 0 Å². The molecule has 0 aliphatic rings. The van der Waals surface area contributed by atoms with E-state index >= 15 is 0 Å². The number of aromatic nitrogens is 9. The van der Waals surface area contributed by atoms with Gasteiger partial charge in [0.2, 0.25) is 17.8 Å². The van der Waals surface area contributed by atoms with E-state index in [-0.39, 0.29) is 0 Å². The Labute approximate surface area is 850 Å². The normalized spacial score (nSPS) is 12.1. The van der Waals surface area contributed by atoms with Crippen LogP contribution in [0.3, 0.4) is 0 Å². The van der Waals surface area contributed by atoms with Gasteiger partial charge < -0.3 is 0 Å². The lowest BCUT2D eigenvalue weighted by atomic mass is 10.00. The number of thiophene rings is 6. The second-order valence-corrected chi connectivity index (χ2v) is 43.4. The lowest BCUT2D eigenvalue weighted by Gasteiger charge is -2.13. The van der Waals surface area contributed by atoms with Crippen molar-refractivity contribution < 1.29 is 0 Å². The Bertz CT molecular complexity index is 11300. The van der Waals surface area contributed by atoms with Crippen molar-refractivity contribution in [1.82, 2.24) is 43.6 Å². The van der Waals surface area contributed by atoms with Crippen molar-refractivity contribution in [3.05, 3.63) is 443 Å². The molecule has 12 aromatic heterocycles. The van der Waals surface area contributed by atoms with E-state index < -0.39 is 0 Å². The smallest absolute Gasteiger partial charge is 0.235 e. The molecule has 0 saturated carbocycles. The number of nitrogens with zero attached hydrogens (tertiary/aromatic N) is 9. The summed E-state index contributed by atoms with van der Waals surface area (Å²) >= 11 is 11.0. The summed E-state index contributed by atoms with van der Waals surface area (Å²) in [6.45, 7) is 0. The summed E-state index contributed by atoms with van der Waals surface area (Å²) in [5, 5.41) is 28.6. The van der Waals surface area contributed by atoms with Crippen LogP contribution in [0.2, 0.25) is 0 Å². The largest absolute Gasteiger partial charge is 0.277 e. The fourth-order valence-corrected chi connectivity index (χ4v) is 30.2. The predicted molar refractivity (Wildman–Crippen MR) is 624 cm³/mol. The summed E-state index contributed by atoms with van der Waals surface area (Å²) in [6.07, 6.45) is 0. The number of benzene rings is 21. The van der Waals surface area contributed by atoms with E-state index in [9.17, 15) is 0 Å². The highest BCUT2D eigenvalue weighted by atomic mass is 32.1. The first-order valence-corrected chi connectivity index (χ1v) is 53.5. The van der Waals surface area contributed by atoms with Crippen LogP contribution in [0.5, 0.6) is 0 Å². The van der Waals surface area contributed by atoms with Crippen molar-refractivity contribution in [2.75, 3.05) is 0 Å². The standard InChI is InChI=1S/2C44H25N3S2.C42H23N3S2/c1-2-13-26(14-3-1)27-15-12-16-28(25-27)39-43-40(33-21-8-11-24-36(33)49-43)46-44(45-39)47-34-22-9-6-19-31(34)38-41(47)30-18-5-4-17-29(30)37-32-20-7-10-23-35(32)48-42(37)38;1-2-12-26(13-3-1)27-22-24-28(25-23-27)39-43-40(33-18-8-11-21-36(33)49-43)46-44(45-39)47-34-19-9-6-16-31(34)38-41(47)30-15-5-4-14-29(30)37-32-17-7-10-20-35(32)48-42(37)38;1-2-14-25-24(12-1)13-11-20-27(25)37-41-38(31-19-7-10-23-34(31)47-41)44-42(43-37)45-32-21-8-5-17-29(32)36-39(45)28-16-4-3-15-26(28)35-30-18-6-9-22-33(30)46-40(35)36/h2*1-25H;1-23H. The first-order chi connectivity index (χ1) is 72.0. The number of para-hydroxylation sites is 3. The van der Waals surface area contributed by atoms with E-state index in [1.807, 2.05) is 34.0 Å². The van der Waals surface area contributed by atoms with Gasteiger partial charge in [0, 0.05) is 156 Å². The predicted octanol–water partition coefficient (Wildman–Crippen LogP) is 37.9. The van der Waals surface area contributed by atoms with Gasteiger partial charge in [-0.3, -0.25) is 13.7 Å². The minimum Gasteiger partial charge on any atom is -0.277 e. The summed E-state index contributed by atoms with van der Waals surface area (Å²) in [6, 6.07) is 159. The zero-order valence-corrected chi connectivity index (χ0v) is 82.0. The maximum absolute atomic E-state index is 5.55. The maximum Gasteiger partial charge on any atom is 0.235 e. The molecule has 0 aliphatic carbocycles. The van der Waals surface area contributed by atoms with Crippen LogP contribution in [0.1, 0.15) is 0 Å². The summed E-state index contributed by atoms with van der Waals surface area (Å²) in [5.41, 5.74) is 20.7. The van der Waals surface area contributed by atoms with Gasteiger partial charge in [-0.1, -0.05) is 382 Å². The van der Waals surface area contributed by atoms with Gasteiger partial charge in [0.1, 0.15) is 0 Å². The average Bonchev–Trinajstić information content (AvgIpc) is 1.54. The molecule has 0 aliphatic heterocycles. The highest BCUT2D eigenvalue weighted by Gasteiger charge is 2.31. The van der Waals surface area contributed by atoms with Crippen LogP contribution in [-0.2, 0) is 0 Å². The number of fused-ring (bicyclic) bond motifs is 40. The van der Waals surface area contributed by atoms with E-state index in [1.165, 1.54) is 172 Å². The monoisotopic (exact) mass is 1950 g/mol. The van der Waals surface area contributed by atoms with Gasteiger partial charge in [0.05, 0.1) is 80.8 Å². The van der Waals surface area contributed by atoms with Gasteiger partial charge in [0.15, 0.2) is 0 Å². The van der Waals surface area contributed by atoms with Crippen molar-refractivity contribution in [3.8, 4) is 73.9 Å². The number of hydrogen-bond acceptors (Lipinski definition) is 12. The fourth-order valence-electron chi connectivity index (χ4n) is 23.0. The molecule has 15 heteroatoms. The zero-order chi connectivity index (χ0) is 94.7. The Hall–Kier alpha value is -17.4. The summed E-state index contributed by atoms with van der Waals surface area (Å²) in [4.78, 5) is 33.0. The summed E-state index contributed by atoms with van der Waals surface area (Å²) < 4.78 is 21.8. The van der Waals surface area contributed by atoms with Crippen molar-refractivity contribution in [2.45, 2.75) is 0 Å². The molecule has 33 rings (SSSR count). The molecule has 12 heterocycles. The number of hydrogen-bond donors (Lipinski definition) is 0. The van der Waals surface area contributed by atoms with Crippen LogP contribution in [0.4, 0.5) is 0 Å². The van der Waals surface area contributed by atoms with Gasteiger partial charge in [-0.2, -0.15) is 0 Å². The second-order valence-electron chi connectivity index (χ2n) is 37.1. The minimum atomic E-state index is 0.688. The van der Waals surface area contributed by atoms with E-state index in [0.29, 0.717) is 17.8 Å². The molecule has 674 valence electrons. The second kappa shape index (κ2) is 32.6. The van der Waals surface area contributed by atoms with E-state index in [1.54, 1.807) is 34.0 Å². The van der Waals surface area contributed by atoms with Crippen molar-refractivity contribution in [3.63, 3.8) is 0 Å².